The molecule has 1 aromatic rings. The molecule has 210 valence electrons. The quantitative estimate of drug-likeness (QED) is 0.484. The van der Waals surface area contributed by atoms with Crippen LogP contribution >= 0.6 is 0 Å². The van der Waals surface area contributed by atoms with Gasteiger partial charge in [-0.1, -0.05) is 13.0 Å². The van der Waals surface area contributed by atoms with Crippen molar-refractivity contribution in [1.82, 2.24) is 4.31 Å². The fourth-order valence-corrected chi connectivity index (χ4v) is 11.0. The lowest BCUT2D eigenvalue weighted by atomic mass is 9.48. The molecule has 6 nitrogen and oxygen atoms in total. The zero-order chi connectivity index (χ0) is 27.3. The van der Waals surface area contributed by atoms with Crippen LogP contribution in [0.3, 0.4) is 0 Å². The molecule has 1 aromatic carbocycles. The Morgan fingerprint density at radius 3 is 2.63 bits per heavy atom. The number of hydrogen-bond acceptors (Lipinski definition) is 5. The highest BCUT2D eigenvalue weighted by atomic mass is 32.2. The molecular weight excluding hydrogens is 496 g/mol. The normalized spacial score (nSPS) is 39.6. The van der Waals surface area contributed by atoms with Crippen LogP contribution in [0.25, 0.3) is 0 Å². The van der Waals surface area contributed by atoms with Crippen molar-refractivity contribution >= 4 is 10.0 Å². The van der Waals surface area contributed by atoms with E-state index in [-0.39, 0.29) is 16.4 Å². The van der Waals surface area contributed by atoms with Crippen LogP contribution in [0.15, 0.2) is 29.2 Å². The third kappa shape index (κ3) is 4.74. The third-order valence-electron chi connectivity index (χ3n) is 11.5. The molecule has 1 unspecified atom stereocenters. The molecule has 0 amide bonds. The van der Waals surface area contributed by atoms with E-state index in [4.69, 9.17) is 4.74 Å². The lowest BCUT2D eigenvalue weighted by molar-refractivity contribution is -0.129. The van der Waals surface area contributed by atoms with Crippen molar-refractivity contribution in [3.05, 3.63) is 29.8 Å². The average molecular weight is 543 g/mol. The van der Waals surface area contributed by atoms with E-state index in [0.717, 1.165) is 43.9 Å². The Hall–Kier alpha value is -1.46. The van der Waals surface area contributed by atoms with Crippen LogP contribution in [0.5, 0.6) is 0 Å². The highest BCUT2D eigenvalue weighted by Gasteiger charge is 2.59. The second-order valence-corrected chi connectivity index (χ2v) is 15.2. The molecule has 38 heavy (non-hydrogen) atoms. The average Bonchev–Trinajstić information content (AvgIpc) is 3.28. The summed E-state index contributed by atoms with van der Waals surface area (Å²) in [6.45, 7) is 7.66. The first-order valence-electron chi connectivity index (χ1n) is 14.8. The van der Waals surface area contributed by atoms with Gasteiger partial charge in [-0.2, -0.15) is 9.57 Å². The Balaban J connectivity index is 1.30. The van der Waals surface area contributed by atoms with Crippen LogP contribution < -0.4 is 0 Å². The fourth-order valence-electron chi connectivity index (χ4n) is 9.58. The van der Waals surface area contributed by atoms with Crippen molar-refractivity contribution in [2.45, 2.75) is 95.1 Å². The van der Waals surface area contributed by atoms with Crippen LogP contribution in [-0.4, -0.2) is 49.7 Å². The van der Waals surface area contributed by atoms with Gasteiger partial charge in [0.1, 0.15) is 0 Å². The van der Waals surface area contributed by atoms with E-state index in [1.165, 1.54) is 31.7 Å². The van der Waals surface area contributed by atoms with Gasteiger partial charge < -0.3 is 9.84 Å². The van der Waals surface area contributed by atoms with Crippen molar-refractivity contribution in [3.63, 3.8) is 0 Å². The lowest BCUT2D eigenvalue weighted by Gasteiger charge is -2.57. The Morgan fingerprint density at radius 2 is 1.89 bits per heavy atom. The van der Waals surface area contributed by atoms with E-state index in [9.17, 15) is 18.8 Å². The van der Waals surface area contributed by atoms with Gasteiger partial charge in [-0.3, -0.25) is 0 Å². The molecule has 0 radical (unpaired) electrons. The van der Waals surface area contributed by atoms with Gasteiger partial charge in [0, 0.05) is 19.7 Å². The third-order valence-corrected chi connectivity index (χ3v) is 13.5. The SMILES string of the molecule is CCOC[C@@]1(O)CC[C@H]2[C@H](CC[C@@H]3[C@@H]2CC[C@]2(C)C([C@@H](C)N(C)S(=O)(=O)c4cccc(C#N)c4)CC[C@@H]32)C1. The first-order valence-corrected chi connectivity index (χ1v) is 16.3. The van der Waals surface area contributed by atoms with Crippen LogP contribution in [0.2, 0.25) is 0 Å². The van der Waals surface area contributed by atoms with Crippen molar-refractivity contribution in [3.8, 4) is 6.07 Å². The van der Waals surface area contributed by atoms with E-state index >= 15 is 0 Å². The largest absolute Gasteiger partial charge is 0.387 e. The minimum absolute atomic E-state index is 0.100. The van der Waals surface area contributed by atoms with Crippen LogP contribution in [0.1, 0.15) is 84.1 Å². The molecule has 0 heterocycles. The van der Waals surface area contributed by atoms with Gasteiger partial charge in [-0.15, -0.1) is 0 Å². The predicted molar refractivity (Wildman–Crippen MR) is 148 cm³/mol. The number of benzene rings is 1. The highest BCUT2D eigenvalue weighted by Crippen LogP contribution is 2.65. The molecule has 9 atom stereocenters. The summed E-state index contributed by atoms with van der Waals surface area (Å²) < 4.78 is 34.3. The van der Waals surface area contributed by atoms with E-state index in [0.29, 0.717) is 42.4 Å². The maximum Gasteiger partial charge on any atom is 0.243 e. The Labute approximate surface area is 229 Å². The molecule has 0 bridgehead atoms. The smallest absolute Gasteiger partial charge is 0.243 e. The van der Waals surface area contributed by atoms with Crippen LogP contribution in [-0.2, 0) is 14.8 Å². The van der Waals surface area contributed by atoms with E-state index in [2.05, 4.69) is 19.9 Å². The number of nitrogens with zero attached hydrogens (tertiary/aromatic N) is 2. The second-order valence-electron chi connectivity index (χ2n) is 13.2. The first-order chi connectivity index (χ1) is 18.0. The number of ether oxygens (including phenoxy) is 1. The highest BCUT2D eigenvalue weighted by molar-refractivity contribution is 7.89. The van der Waals surface area contributed by atoms with Gasteiger partial charge in [0.2, 0.25) is 10.0 Å². The Morgan fingerprint density at radius 1 is 1.13 bits per heavy atom. The number of rotatable bonds is 7. The summed E-state index contributed by atoms with van der Waals surface area (Å²) in [5.74, 6) is 3.76. The lowest BCUT2D eigenvalue weighted by Crippen LogP contribution is -2.53. The molecule has 0 aliphatic heterocycles. The zero-order valence-electron chi connectivity index (χ0n) is 23.6. The zero-order valence-corrected chi connectivity index (χ0v) is 24.4. The Bertz CT molecular complexity index is 1160. The summed E-state index contributed by atoms with van der Waals surface area (Å²) in [6.07, 6.45) is 9.96. The summed E-state index contributed by atoms with van der Waals surface area (Å²) in [5, 5.41) is 20.4. The van der Waals surface area contributed by atoms with Crippen LogP contribution in [0, 0.1) is 52.3 Å². The van der Waals surface area contributed by atoms with Gasteiger partial charge >= 0.3 is 0 Å². The maximum atomic E-state index is 13.6. The molecule has 7 heteroatoms. The van der Waals surface area contributed by atoms with Crippen molar-refractivity contribution < 1.29 is 18.3 Å². The van der Waals surface area contributed by atoms with Gasteiger partial charge in [-0.25, -0.2) is 8.42 Å². The molecule has 0 aromatic heterocycles. The molecule has 0 spiro atoms. The topological polar surface area (TPSA) is 90.6 Å². The van der Waals surface area contributed by atoms with E-state index < -0.39 is 15.6 Å². The maximum absolute atomic E-state index is 13.6. The van der Waals surface area contributed by atoms with Crippen molar-refractivity contribution in [2.24, 2.45) is 40.9 Å². The van der Waals surface area contributed by atoms with E-state index in [1.807, 2.05) is 6.92 Å². The van der Waals surface area contributed by atoms with Gasteiger partial charge in [0.05, 0.1) is 28.7 Å². The number of aliphatic hydroxyl groups is 1. The van der Waals surface area contributed by atoms with Crippen LogP contribution in [0.4, 0.5) is 0 Å². The molecule has 5 rings (SSSR count). The molecule has 1 N–H and O–H groups in total. The standard InChI is InChI=1S/C31H46N2O4S/c1-5-37-20-31(34)16-14-25-23(18-31)9-10-27-26(25)13-15-30(3)28(11-12-29(27)30)21(2)33(4)38(35,36)24-8-6-7-22(17-24)19-32/h6-8,17,21,23,25-29,34H,5,9-16,18,20H2,1-4H3/t21-,23-,25+,26-,27-,28?,29+,30-,31-/m1/s1. The number of fused-ring (bicyclic) bond motifs is 5. The monoisotopic (exact) mass is 542 g/mol. The van der Waals surface area contributed by atoms with Gasteiger partial charge in [-0.05, 0) is 131 Å². The second kappa shape index (κ2) is 10.5. The molecule has 4 aliphatic rings. The molecule has 4 saturated carbocycles. The number of sulfonamides is 1. The number of nitriles is 1. The fraction of sp³-hybridized carbons (Fsp3) is 0.774. The molecular formula is C31H46N2O4S. The molecule has 0 saturated heterocycles. The predicted octanol–water partition coefficient (Wildman–Crippen LogP) is 5.60. The summed E-state index contributed by atoms with van der Waals surface area (Å²) in [6, 6.07) is 8.34. The Kier molecular flexibility index (Phi) is 7.76. The minimum Gasteiger partial charge on any atom is -0.387 e. The summed E-state index contributed by atoms with van der Waals surface area (Å²) >= 11 is 0. The molecule has 4 aliphatic carbocycles. The first kappa shape index (κ1) is 28.1. The van der Waals surface area contributed by atoms with Gasteiger partial charge in [0.15, 0.2) is 0 Å². The van der Waals surface area contributed by atoms with Crippen molar-refractivity contribution in [2.75, 3.05) is 20.3 Å². The van der Waals surface area contributed by atoms with Crippen molar-refractivity contribution in [1.29, 1.82) is 5.26 Å². The summed E-state index contributed by atoms with van der Waals surface area (Å²) in [7, 11) is -1.96. The van der Waals surface area contributed by atoms with E-state index in [1.54, 1.807) is 29.6 Å². The number of hydrogen-bond donors (Lipinski definition) is 1. The molecule has 4 fully saturated rings. The summed E-state index contributed by atoms with van der Waals surface area (Å²) in [4.78, 5) is 0.203. The minimum atomic E-state index is -3.68. The van der Waals surface area contributed by atoms with Gasteiger partial charge in [0.25, 0.3) is 0 Å². The summed E-state index contributed by atoms with van der Waals surface area (Å²) in [5.41, 5.74) is -0.132.